The molecular weight excluding hydrogens is 434 g/mol. The van der Waals surface area contributed by atoms with Crippen molar-refractivity contribution in [3.8, 4) is 5.75 Å². The Labute approximate surface area is 195 Å². The monoisotopic (exact) mass is 455 g/mol. The number of hydrogen-bond donors (Lipinski definition) is 4. The molecule has 0 unspecified atom stereocenters. The summed E-state index contributed by atoms with van der Waals surface area (Å²) in [6.45, 7) is -0.450. The number of benzene rings is 3. The first-order chi connectivity index (χ1) is 16.7. The van der Waals surface area contributed by atoms with Gasteiger partial charge in [0.05, 0.1) is 6.21 Å². The second kappa shape index (κ2) is 11.0. The van der Waals surface area contributed by atoms with Gasteiger partial charge in [-0.3, -0.25) is 0 Å². The van der Waals surface area contributed by atoms with Gasteiger partial charge in [-0.2, -0.15) is 20.1 Å². The lowest BCUT2D eigenvalue weighted by atomic mass is 10.2. The van der Waals surface area contributed by atoms with Crippen molar-refractivity contribution in [3.05, 3.63) is 90.5 Å². The lowest BCUT2D eigenvalue weighted by Crippen LogP contribution is -2.10. The fraction of sp³-hybridized carbons (Fsp3) is 0.0417. The van der Waals surface area contributed by atoms with Crippen LogP contribution in [0.15, 0.2) is 90.0 Å². The number of anilines is 5. The number of ether oxygens (including phenoxy) is 1. The molecule has 0 amide bonds. The van der Waals surface area contributed by atoms with Crippen LogP contribution in [-0.2, 0) is 4.79 Å². The summed E-state index contributed by atoms with van der Waals surface area (Å²) in [7, 11) is 0. The summed E-state index contributed by atoms with van der Waals surface area (Å²) >= 11 is 0. The summed E-state index contributed by atoms with van der Waals surface area (Å²) in [6.07, 6.45) is 1.50. The maximum atomic E-state index is 10.8. The second-order valence-electron chi connectivity index (χ2n) is 6.88. The van der Waals surface area contributed by atoms with Gasteiger partial charge in [-0.15, -0.1) is 0 Å². The van der Waals surface area contributed by atoms with E-state index in [4.69, 9.17) is 9.84 Å². The second-order valence-corrected chi connectivity index (χ2v) is 6.88. The van der Waals surface area contributed by atoms with Gasteiger partial charge in [0.15, 0.2) is 6.61 Å². The van der Waals surface area contributed by atoms with Crippen LogP contribution in [0.3, 0.4) is 0 Å². The third kappa shape index (κ3) is 6.50. The Morgan fingerprint density at radius 2 is 1.32 bits per heavy atom. The molecule has 0 fully saturated rings. The molecule has 0 aliphatic heterocycles. The topological polar surface area (TPSA) is 134 Å². The molecule has 1 heterocycles. The molecule has 0 bridgehead atoms. The van der Waals surface area contributed by atoms with Crippen molar-refractivity contribution in [2.45, 2.75) is 0 Å². The van der Waals surface area contributed by atoms with E-state index in [0.29, 0.717) is 23.2 Å². The Morgan fingerprint density at radius 1 is 0.794 bits per heavy atom. The molecule has 0 aliphatic carbocycles. The average molecular weight is 455 g/mol. The molecule has 170 valence electrons. The third-order valence-corrected chi connectivity index (χ3v) is 4.33. The number of rotatable bonds is 10. The van der Waals surface area contributed by atoms with Crippen LogP contribution in [0.2, 0.25) is 0 Å². The molecular formula is C24H21N7O3. The quantitative estimate of drug-likeness (QED) is 0.204. The highest BCUT2D eigenvalue weighted by Crippen LogP contribution is 2.19. The number of carboxylic acid groups (broad SMARTS) is 1. The standard InChI is InChI=1S/C24H21N7O3/c32-21(33)16-34-20-14-8-7-9-17(20)15-25-31-24-29-22(26-18-10-3-1-4-11-18)28-23(30-24)27-19-12-5-2-6-13-19/h1-15H,16H2,(H,32,33)(H3,26,27,28,29,30,31)/b25-15+. The van der Waals surface area contributed by atoms with Crippen molar-refractivity contribution in [2.24, 2.45) is 5.10 Å². The van der Waals surface area contributed by atoms with Gasteiger partial charge in [0.2, 0.25) is 17.8 Å². The van der Waals surface area contributed by atoms with Crippen molar-refractivity contribution in [2.75, 3.05) is 22.7 Å². The van der Waals surface area contributed by atoms with Gasteiger partial charge < -0.3 is 20.5 Å². The molecule has 10 heteroatoms. The summed E-state index contributed by atoms with van der Waals surface area (Å²) in [4.78, 5) is 24.0. The molecule has 4 aromatic rings. The van der Waals surface area contributed by atoms with Crippen LogP contribution in [0.25, 0.3) is 0 Å². The minimum absolute atomic E-state index is 0.201. The lowest BCUT2D eigenvalue weighted by Gasteiger charge is -2.10. The number of carboxylic acids is 1. The smallest absolute Gasteiger partial charge is 0.341 e. The number of para-hydroxylation sites is 3. The van der Waals surface area contributed by atoms with E-state index in [1.165, 1.54) is 6.21 Å². The van der Waals surface area contributed by atoms with Crippen molar-refractivity contribution in [1.82, 2.24) is 15.0 Å². The van der Waals surface area contributed by atoms with Crippen LogP contribution >= 0.6 is 0 Å². The molecule has 0 radical (unpaired) electrons. The number of aliphatic carboxylic acids is 1. The first-order valence-electron chi connectivity index (χ1n) is 10.3. The average Bonchev–Trinajstić information content (AvgIpc) is 2.84. The number of carbonyl (C=O) groups is 1. The number of nitrogens with zero attached hydrogens (tertiary/aromatic N) is 4. The lowest BCUT2D eigenvalue weighted by molar-refractivity contribution is -0.139. The molecule has 0 aliphatic rings. The maximum absolute atomic E-state index is 10.8. The van der Waals surface area contributed by atoms with Crippen molar-refractivity contribution >= 4 is 41.4 Å². The minimum atomic E-state index is -1.06. The van der Waals surface area contributed by atoms with Gasteiger partial charge in [0.1, 0.15) is 5.75 Å². The predicted molar refractivity (Wildman–Crippen MR) is 130 cm³/mol. The van der Waals surface area contributed by atoms with E-state index < -0.39 is 12.6 Å². The van der Waals surface area contributed by atoms with Crippen LogP contribution in [0.5, 0.6) is 5.75 Å². The van der Waals surface area contributed by atoms with Crippen LogP contribution in [0.4, 0.5) is 29.2 Å². The Hall–Kier alpha value is -4.99. The zero-order valence-corrected chi connectivity index (χ0v) is 17.9. The fourth-order valence-corrected chi connectivity index (χ4v) is 2.86. The van der Waals surface area contributed by atoms with Crippen LogP contribution in [0.1, 0.15) is 5.56 Å². The highest BCUT2D eigenvalue weighted by Gasteiger charge is 2.08. The number of nitrogens with one attached hydrogen (secondary N) is 3. The van der Waals surface area contributed by atoms with Gasteiger partial charge in [-0.1, -0.05) is 48.5 Å². The first kappa shape index (κ1) is 22.2. The van der Waals surface area contributed by atoms with Crippen LogP contribution < -0.4 is 20.8 Å². The first-order valence-corrected chi connectivity index (χ1v) is 10.3. The summed E-state index contributed by atoms with van der Waals surface area (Å²) in [5.41, 5.74) is 5.02. The van der Waals surface area contributed by atoms with Crippen LogP contribution in [0, 0.1) is 0 Å². The van der Waals surface area contributed by atoms with Crippen molar-refractivity contribution < 1.29 is 14.6 Å². The van der Waals surface area contributed by atoms with Gasteiger partial charge in [0, 0.05) is 16.9 Å². The van der Waals surface area contributed by atoms with Gasteiger partial charge in [-0.25, -0.2) is 10.2 Å². The Kier molecular flexibility index (Phi) is 7.22. The van der Waals surface area contributed by atoms with E-state index in [-0.39, 0.29) is 5.95 Å². The highest BCUT2D eigenvalue weighted by molar-refractivity contribution is 5.84. The van der Waals surface area contributed by atoms with E-state index in [1.54, 1.807) is 24.3 Å². The Morgan fingerprint density at radius 3 is 1.91 bits per heavy atom. The third-order valence-electron chi connectivity index (χ3n) is 4.33. The zero-order chi connectivity index (χ0) is 23.6. The molecule has 4 rings (SSSR count). The molecule has 0 saturated carbocycles. The molecule has 0 spiro atoms. The highest BCUT2D eigenvalue weighted by atomic mass is 16.5. The van der Waals surface area contributed by atoms with E-state index >= 15 is 0 Å². The summed E-state index contributed by atoms with van der Waals surface area (Å²) in [5, 5.41) is 19.3. The summed E-state index contributed by atoms with van der Waals surface area (Å²) < 4.78 is 5.29. The van der Waals surface area contributed by atoms with E-state index in [9.17, 15) is 4.79 Å². The minimum Gasteiger partial charge on any atom is -0.481 e. The number of hydrogen-bond acceptors (Lipinski definition) is 9. The van der Waals surface area contributed by atoms with Gasteiger partial charge >= 0.3 is 5.97 Å². The summed E-state index contributed by atoms with van der Waals surface area (Å²) in [6, 6.07) is 26.0. The molecule has 10 nitrogen and oxygen atoms in total. The largest absolute Gasteiger partial charge is 0.481 e. The zero-order valence-electron chi connectivity index (χ0n) is 17.9. The van der Waals surface area contributed by atoms with Crippen LogP contribution in [-0.4, -0.2) is 38.8 Å². The molecule has 0 atom stereocenters. The SMILES string of the molecule is O=C(O)COc1ccccc1/C=N/Nc1nc(Nc2ccccc2)nc(Nc2ccccc2)n1. The molecule has 4 N–H and O–H groups in total. The number of aromatic nitrogens is 3. The van der Waals surface area contributed by atoms with E-state index in [2.05, 4.69) is 36.1 Å². The van der Waals surface area contributed by atoms with E-state index in [1.807, 2.05) is 60.7 Å². The predicted octanol–water partition coefficient (Wildman–Crippen LogP) is 4.27. The Bertz CT molecular complexity index is 1210. The van der Waals surface area contributed by atoms with Gasteiger partial charge in [0.25, 0.3) is 0 Å². The van der Waals surface area contributed by atoms with Crippen molar-refractivity contribution in [3.63, 3.8) is 0 Å². The normalized spacial score (nSPS) is 10.6. The number of hydrazone groups is 1. The van der Waals surface area contributed by atoms with E-state index in [0.717, 1.165) is 11.4 Å². The van der Waals surface area contributed by atoms with Crippen molar-refractivity contribution in [1.29, 1.82) is 0 Å². The molecule has 1 aromatic heterocycles. The molecule has 0 saturated heterocycles. The molecule has 34 heavy (non-hydrogen) atoms. The Balaban J connectivity index is 1.55. The fourth-order valence-electron chi connectivity index (χ4n) is 2.86. The summed E-state index contributed by atoms with van der Waals surface area (Å²) in [5.74, 6) is 0.174. The maximum Gasteiger partial charge on any atom is 0.341 e. The molecule has 3 aromatic carbocycles. The van der Waals surface area contributed by atoms with Gasteiger partial charge in [-0.05, 0) is 36.4 Å².